The molecule has 0 aliphatic rings. The number of nitrogens with zero attached hydrogens (tertiary/aromatic N) is 5. The maximum atomic E-state index is 12.7. The number of aromatic nitrogens is 5. The van der Waals surface area contributed by atoms with Crippen molar-refractivity contribution < 1.29 is 27.0 Å². The van der Waals surface area contributed by atoms with E-state index in [-0.39, 0.29) is 35.4 Å². The number of pyridine rings is 2. The molecule has 142 valence electrons. The lowest BCUT2D eigenvalue weighted by Crippen LogP contribution is -2.07. The lowest BCUT2D eigenvalue weighted by atomic mass is 10.1. The molecule has 3 rings (SSSR count). The van der Waals surface area contributed by atoms with Gasteiger partial charge in [0.2, 0.25) is 17.7 Å². The number of halogens is 4. The fourth-order valence-electron chi connectivity index (χ4n) is 2.27. The highest BCUT2D eigenvalue weighted by Gasteiger charge is 2.16. The van der Waals surface area contributed by atoms with Gasteiger partial charge in [0, 0.05) is 24.0 Å². The Balaban J connectivity index is 1.98. The van der Waals surface area contributed by atoms with E-state index in [9.17, 15) is 17.6 Å². The zero-order valence-electron chi connectivity index (χ0n) is 13.5. The lowest BCUT2D eigenvalue weighted by molar-refractivity contribution is -0.0530. The Labute approximate surface area is 149 Å². The first-order valence-electron chi connectivity index (χ1n) is 7.40. The summed E-state index contributed by atoms with van der Waals surface area (Å²) in [7, 11) is 0. The Morgan fingerprint density at radius 1 is 1.04 bits per heavy atom. The van der Waals surface area contributed by atoms with E-state index >= 15 is 0 Å². The van der Waals surface area contributed by atoms with Crippen LogP contribution < -0.4 is 15.2 Å². The quantitative estimate of drug-likeness (QED) is 0.625. The molecule has 0 saturated carbocycles. The average Bonchev–Trinajstić information content (AvgIpc) is 3.00. The summed E-state index contributed by atoms with van der Waals surface area (Å²) >= 11 is 0. The Bertz CT molecular complexity index is 921. The third-order valence-corrected chi connectivity index (χ3v) is 3.26. The molecule has 0 bridgehead atoms. The molecule has 27 heavy (non-hydrogen) atoms. The second-order valence-electron chi connectivity index (χ2n) is 5.14. The summed E-state index contributed by atoms with van der Waals surface area (Å²) in [5.41, 5.74) is 6.40. The van der Waals surface area contributed by atoms with Crippen molar-refractivity contribution in [3.05, 3.63) is 42.5 Å². The second-order valence-corrected chi connectivity index (χ2v) is 5.14. The monoisotopic (exact) mass is 384 g/mol. The van der Waals surface area contributed by atoms with Gasteiger partial charge in [-0.2, -0.15) is 17.6 Å². The highest BCUT2D eigenvalue weighted by molar-refractivity contribution is 5.69. The first-order valence-corrected chi connectivity index (χ1v) is 7.40. The largest absolute Gasteiger partial charge is 0.417 e. The Morgan fingerprint density at radius 3 is 2.48 bits per heavy atom. The van der Waals surface area contributed by atoms with Crippen LogP contribution in [0.25, 0.3) is 11.1 Å². The highest BCUT2D eigenvalue weighted by atomic mass is 19.3. The molecule has 3 heterocycles. The van der Waals surface area contributed by atoms with E-state index in [0.717, 1.165) is 0 Å². The van der Waals surface area contributed by atoms with Gasteiger partial charge in [-0.25, -0.2) is 19.6 Å². The Hall–Kier alpha value is -3.44. The first kappa shape index (κ1) is 18.4. The molecule has 0 atom stereocenters. The van der Waals surface area contributed by atoms with Gasteiger partial charge in [0.05, 0.1) is 6.54 Å². The van der Waals surface area contributed by atoms with E-state index in [0.29, 0.717) is 5.56 Å². The van der Waals surface area contributed by atoms with Crippen LogP contribution in [0.2, 0.25) is 0 Å². The smallest absolute Gasteiger partial charge is 0.388 e. The van der Waals surface area contributed by atoms with Gasteiger partial charge in [0.25, 0.3) is 0 Å². The minimum Gasteiger partial charge on any atom is -0.417 e. The van der Waals surface area contributed by atoms with Crippen molar-refractivity contribution in [2.75, 3.05) is 5.73 Å². The summed E-state index contributed by atoms with van der Waals surface area (Å²) in [6.45, 7) is -5.99. The molecule has 0 aromatic carbocycles. The summed E-state index contributed by atoms with van der Waals surface area (Å²) in [5.74, 6) is -0.676. The number of anilines is 1. The topological polar surface area (TPSA) is 101 Å². The molecular weight excluding hydrogens is 372 g/mol. The van der Waals surface area contributed by atoms with Crippen LogP contribution in [0, 0.1) is 0 Å². The van der Waals surface area contributed by atoms with E-state index in [1.54, 1.807) is 0 Å². The van der Waals surface area contributed by atoms with Crippen molar-refractivity contribution in [3.63, 3.8) is 0 Å². The molecule has 0 saturated heterocycles. The van der Waals surface area contributed by atoms with Gasteiger partial charge in [-0.15, -0.1) is 5.10 Å². The molecule has 3 aromatic rings. The maximum absolute atomic E-state index is 12.7. The molecule has 2 N–H and O–H groups in total. The van der Waals surface area contributed by atoms with Crippen LogP contribution in [0.1, 0.15) is 5.56 Å². The van der Waals surface area contributed by atoms with Crippen molar-refractivity contribution >= 4 is 5.95 Å². The summed E-state index contributed by atoms with van der Waals surface area (Å²) in [6, 6.07) is 4.09. The summed E-state index contributed by atoms with van der Waals surface area (Å²) < 4.78 is 60.2. The predicted molar refractivity (Wildman–Crippen MR) is 84.3 cm³/mol. The molecule has 0 radical (unpaired) electrons. The minimum absolute atomic E-state index is 0.0729. The van der Waals surface area contributed by atoms with Crippen LogP contribution in [0.5, 0.6) is 11.8 Å². The van der Waals surface area contributed by atoms with Crippen LogP contribution in [-0.4, -0.2) is 38.0 Å². The highest BCUT2D eigenvalue weighted by Crippen LogP contribution is 2.32. The van der Waals surface area contributed by atoms with Crippen molar-refractivity contribution in [1.29, 1.82) is 0 Å². The fourth-order valence-corrected chi connectivity index (χ4v) is 2.27. The van der Waals surface area contributed by atoms with Crippen molar-refractivity contribution in [3.8, 4) is 22.9 Å². The lowest BCUT2D eigenvalue weighted by Gasteiger charge is -2.12. The fraction of sp³-hybridized carbons (Fsp3) is 0.200. The summed E-state index contributed by atoms with van der Waals surface area (Å²) in [5, 5.41) is 3.92. The molecule has 3 aromatic heterocycles. The number of nitrogens with two attached hydrogens (primary N) is 1. The van der Waals surface area contributed by atoms with Crippen LogP contribution in [0.3, 0.4) is 0 Å². The average molecular weight is 384 g/mol. The predicted octanol–water partition coefficient (Wildman–Crippen LogP) is 2.57. The molecule has 0 aliphatic carbocycles. The number of hydrogen-bond acceptors (Lipinski definition) is 7. The van der Waals surface area contributed by atoms with Crippen LogP contribution in [-0.2, 0) is 6.54 Å². The number of rotatable bonds is 7. The van der Waals surface area contributed by atoms with E-state index in [4.69, 9.17) is 5.73 Å². The summed E-state index contributed by atoms with van der Waals surface area (Å²) in [6.07, 6.45) is 3.90. The van der Waals surface area contributed by atoms with Gasteiger partial charge in [-0.05, 0) is 23.3 Å². The molecule has 12 heteroatoms. The molecule has 0 aliphatic heterocycles. The number of hydrogen-bond donors (Lipinski definition) is 1. The van der Waals surface area contributed by atoms with E-state index in [1.807, 2.05) is 0 Å². The SMILES string of the molecule is Nc1ncn(Cc2cnc(OC(F)F)c(-c3ccnc(OC(F)F)c3)c2)n1. The van der Waals surface area contributed by atoms with Crippen molar-refractivity contribution in [2.45, 2.75) is 19.8 Å². The van der Waals surface area contributed by atoms with E-state index in [2.05, 4.69) is 29.5 Å². The molecule has 0 unspecified atom stereocenters. The Kier molecular flexibility index (Phi) is 5.33. The van der Waals surface area contributed by atoms with Gasteiger partial charge in [-0.3, -0.25) is 0 Å². The third-order valence-electron chi connectivity index (χ3n) is 3.26. The second kappa shape index (κ2) is 7.85. The van der Waals surface area contributed by atoms with E-state index in [1.165, 1.54) is 41.6 Å². The first-order chi connectivity index (χ1) is 12.9. The van der Waals surface area contributed by atoms with Crippen LogP contribution in [0.15, 0.2) is 36.9 Å². The van der Waals surface area contributed by atoms with Gasteiger partial charge in [0.15, 0.2) is 0 Å². The molecule has 0 amide bonds. The third kappa shape index (κ3) is 4.80. The van der Waals surface area contributed by atoms with Gasteiger partial charge in [0.1, 0.15) is 6.33 Å². The van der Waals surface area contributed by atoms with Gasteiger partial charge in [-0.1, -0.05) is 0 Å². The van der Waals surface area contributed by atoms with E-state index < -0.39 is 13.2 Å². The number of alkyl halides is 4. The zero-order chi connectivity index (χ0) is 19.4. The van der Waals surface area contributed by atoms with Crippen molar-refractivity contribution in [1.82, 2.24) is 24.7 Å². The van der Waals surface area contributed by atoms with Gasteiger partial charge < -0.3 is 15.2 Å². The zero-order valence-corrected chi connectivity index (χ0v) is 13.5. The van der Waals surface area contributed by atoms with Gasteiger partial charge >= 0.3 is 13.2 Å². The van der Waals surface area contributed by atoms with Crippen LogP contribution >= 0.6 is 0 Å². The number of ether oxygens (including phenoxy) is 2. The Morgan fingerprint density at radius 2 is 1.81 bits per heavy atom. The number of nitrogen functional groups attached to an aromatic ring is 1. The molecular formula is C15H12F4N6O2. The summed E-state index contributed by atoms with van der Waals surface area (Å²) in [4.78, 5) is 11.3. The molecule has 0 fully saturated rings. The standard InChI is InChI=1S/C15H12F4N6O2/c16-13(17)26-11-4-9(1-2-21-11)10-3-8(5-22-12(10)27-14(18)19)6-25-7-23-15(20)24-25/h1-5,7,13-14H,6H2,(H2,20,24). The maximum Gasteiger partial charge on any atom is 0.388 e. The van der Waals surface area contributed by atoms with Crippen molar-refractivity contribution in [2.24, 2.45) is 0 Å². The van der Waals surface area contributed by atoms with Crippen LogP contribution in [0.4, 0.5) is 23.5 Å². The minimum atomic E-state index is -3.11. The molecule has 8 nitrogen and oxygen atoms in total. The normalized spacial score (nSPS) is 11.2. The molecule has 0 spiro atoms.